The molecule has 0 saturated carbocycles. The molecule has 0 amide bonds. The molecule has 156 valence electrons. The summed E-state index contributed by atoms with van der Waals surface area (Å²) in [5.41, 5.74) is 2.77. The first-order valence-corrected chi connectivity index (χ1v) is 12.5. The minimum atomic E-state index is 1.04. The number of rotatable bonds is 4. The molecule has 0 atom stereocenters. The van der Waals surface area contributed by atoms with Crippen LogP contribution in [0.15, 0.2) is 121 Å². The lowest BCUT2D eigenvalue weighted by atomic mass is 10.1. The zero-order chi connectivity index (χ0) is 21.6. The van der Waals surface area contributed by atoms with E-state index in [0.29, 0.717) is 0 Å². The van der Waals surface area contributed by atoms with Crippen molar-refractivity contribution in [2.24, 2.45) is 0 Å². The van der Waals surface area contributed by atoms with Gasteiger partial charge in [-0.15, -0.1) is 22.7 Å². The highest BCUT2D eigenvalue weighted by Crippen LogP contribution is 2.28. The van der Waals surface area contributed by atoms with Crippen molar-refractivity contribution >= 4 is 42.8 Å². The van der Waals surface area contributed by atoms with Gasteiger partial charge in [0.05, 0.1) is 0 Å². The van der Waals surface area contributed by atoms with Crippen molar-refractivity contribution in [1.29, 1.82) is 0 Å². The summed E-state index contributed by atoms with van der Waals surface area (Å²) >= 11 is 3.78. The van der Waals surface area contributed by atoms with Crippen LogP contribution < -0.4 is 0 Å². The highest BCUT2D eigenvalue weighted by molar-refractivity contribution is 7.19. The molecule has 0 radical (unpaired) electrons. The zero-order valence-electron chi connectivity index (χ0n) is 17.8. The molecule has 6 aromatic rings. The second-order valence-corrected chi connectivity index (χ2v) is 10.2. The van der Waals surface area contributed by atoms with Gasteiger partial charge in [0.15, 0.2) is 0 Å². The minimum absolute atomic E-state index is 1.04. The van der Waals surface area contributed by atoms with Crippen molar-refractivity contribution in [3.05, 3.63) is 142 Å². The molecule has 2 aromatic heterocycles. The first-order chi connectivity index (χ1) is 15.8. The Labute approximate surface area is 197 Å². The van der Waals surface area contributed by atoms with Gasteiger partial charge in [-0.05, 0) is 46.2 Å². The van der Waals surface area contributed by atoms with Crippen molar-refractivity contribution in [2.75, 3.05) is 0 Å². The lowest BCUT2D eigenvalue weighted by Crippen LogP contribution is -1.81. The molecule has 0 bridgehead atoms. The van der Waals surface area contributed by atoms with Crippen LogP contribution in [-0.2, 0) is 12.8 Å². The number of thiophene rings is 2. The third kappa shape index (κ3) is 5.16. The van der Waals surface area contributed by atoms with Crippen molar-refractivity contribution in [2.45, 2.75) is 12.8 Å². The van der Waals surface area contributed by atoms with Gasteiger partial charge in [0.1, 0.15) is 0 Å². The van der Waals surface area contributed by atoms with Gasteiger partial charge in [-0.25, -0.2) is 0 Å². The molecular formula is C30H24S2. The molecule has 0 spiro atoms. The number of fused-ring (bicyclic) bond motifs is 2. The first-order valence-electron chi connectivity index (χ1n) is 10.9. The van der Waals surface area contributed by atoms with Crippen LogP contribution in [0.1, 0.15) is 20.9 Å². The van der Waals surface area contributed by atoms with E-state index in [2.05, 4.69) is 121 Å². The summed E-state index contributed by atoms with van der Waals surface area (Å²) in [4.78, 5) is 2.87. The maximum Gasteiger partial charge on any atom is 0.0345 e. The normalized spacial score (nSPS) is 10.8. The molecule has 32 heavy (non-hydrogen) atoms. The number of hydrogen-bond acceptors (Lipinski definition) is 2. The van der Waals surface area contributed by atoms with Gasteiger partial charge in [0.2, 0.25) is 0 Å². The summed E-state index contributed by atoms with van der Waals surface area (Å²) in [6.45, 7) is 0. The van der Waals surface area contributed by atoms with Gasteiger partial charge < -0.3 is 0 Å². The minimum Gasteiger partial charge on any atom is -0.140 e. The SMILES string of the molecule is c1ccc(Cc2cc3ccccc3s2)cc1.c1ccc(Cc2cc3ccccc3s2)cc1. The third-order valence-corrected chi connectivity index (χ3v) is 7.63. The van der Waals surface area contributed by atoms with E-state index in [1.807, 2.05) is 22.7 Å². The summed E-state index contributed by atoms with van der Waals surface area (Å²) in [6.07, 6.45) is 2.08. The maximum absolute atomic E-state index is 2.30. The fraction of sp³-hybridized carbons (Fsp3) is 0.0667. The van der Waals surface area contributed by atoms with Gasteiger partial charge in [-0.1, -0.05) is 97.1 Å². The Morgan fingerprint density at radius 1 is 0.406 bits per heavy atom. The smallest absolute Gasteiger partial charge is 0.0345 e. The quantitative estimate of drug-likeness (QED) is 0.252. The molecule has 0 fully saturated rings. The standard InChI is InChI=1S/2C15H12S/c2*1-2-6-12(7-3-1)10-14-11-13-8-4-5-9-15(13)16-14/h2*1-9,11H,10H2. The highest BCUT2D eigenvalue weighted by Gasteiger charge is 2.02. The maximum atomic E-state index is 2.30. The van der Waals surface area contributed by atoms with Gasteiger partial charge >= 0.3 is 0 Å². The molecule has 0 saturated heterocycles. The van der Waals surface area contributed by atoms with Crippen LogP contribution in [0.5, 0.6) is 0 Å². The van der Waals surface area contributed by atoms with E-state index >= 15 is 0 Å². The van der Waals surface area contributed by atoms with E-state index in [4.69, 9.17) is 0 Å². The van der Waals surface area contributed by atoms with Crippen LogP contribution >= 0.6 is 22.7 Å². The Hall–Kier alpha value is -3.20. The molecular weight excluding hydrogens is 424 g/mol. The zero-order valence-corrected chi connectivity index (χ0v) is 19.4. The summed E-state index contributed by atoms with van der Waals surface area (Å²) in [7, 11) is 0. The Morgan fingerprint density at radius 3 is 1.19 bits per heavy atom. The summed E-state index contributed by atoms with van der Waals surface area (Å²) in [6, 6.07) is 43.0. The van der Waals surface area contributed by atoms with E-state index in [1.165, 1.54) is 41.1 Å². The molecule has 0 aliphatic rings. The van der Waals surface area contributed by atoms with Crippen molar-refractivity contribution < 1.29 is 0 Å². The molecule has 2 heterocycles. The molecule has 0 unspecified atom stereocenters. The van der Waals surface area contributed by atoms with Crippen LogP contribution in [0.4, 0.5) is 0 Å². The lowest BCUT2D eigenvalue weighted by Gasteiger charge is -1.96. The summed E-state index contributed by atoms with van der Waals surface area (Å²) in [5.74, 6) is 0. The van der Waals surface area contributed by atoms with Crippen LogP contribution in [0, 0.1) is 0 Å². The largest absolute Gasteiger partial charge is 0.140 e. The topological polar surface area (TPSA) is 0 Å². The van der Waals surface area contributed by atoms with Gasteiger partial charge in [0, 0.05) is 32.0 Å². The van der Waals surface area contributed by atoms with Crippen molar-refractivity contribution in [3.63, 3.8) is 0 Å². The van der Waals surface area contributed by atoms with E-state index < -0.39 is 0 Å². The third-order valence-electron chi connectivity index (χ3n) is 5.40. The lowest BCUT2D eigenvalue weighted by molar-refractivity contribution is 1.24. The Kier molecular flexibility index (Phi) is 6.43. The molecule has 0 nitrogen and oxygen atoms in total. The average molecular weight is 449 g/mol. The van der Waals surface area contributed by atoms with Crippen LogP contribution in [0.2, 0.25) is 0 Å². The van der Waals surface area contributed by atoms with Crippen LogP contribution in [0.25, 0.3) is 20.2 Å². The monoisotopic (exact) mass is 448 g/mol. The van der Waals surface area contributed by atoms with Crippen molar-refractivity contribution in [1.82, 2.24) is 0 Å². The highest BCUT2D eigenvalue weighted by atomic mass is 32.1. The molecule has 4 aromatic carbocycles. The number of hydrogen-bond donors (Lipinski definition) is 0. The molecule has 0 aliphatic carbocycles. The van der Waals surface area contributed by atoms with E-state index in [9.17, 15) is 0 Å². The van der Waals surface area contributed by atoms with E-state index in [-0.39, 0.29) is 0 Å². The second kappa shape index (κ2) is 9.95. The fourth-order valence-corrected chi connectivity index (χ4v) is 6.04. The van der Waals surface area contributed by atoms with Gasteiger partial charge in [-0.3, -0.25) is 0 Å². The van der Waals surface area contributed by atoms with E-state index in [1.54, 1.807) is 0 Å². The van der Waals surface area contributed by atoms with Crippen molar-refractivity contribution in [3.8, 4) is 0 Å². The van der Waals surface area contributed by atoms with E-state index in [0.717, 1.165) is 12.8 Å². The van der Waals surface area contributed by atoms with Gasteiger partial charge in [0.25, 0.3) is 0 Å². The molecule has 2 heteroatoms. The average Bonchev–Trinajstić information content (AvgIpc) is 3.43. The molecule has 0 aliphatic heterocycles. The predicted octanol–water partition coefficient (Wildman–Crippen LogP) is 8.98. The van der Waals surface area contributed by atoms with Gasteiger partial charge in [-0.2, -0.15) is 0 Å². The first kappa shape index (κ1) is 20.7. The predicted molar refractivity (Wildman–Crippen MR) is 142 cm³/mol. The summed E-state index contributed by atoms with van der Waals surface area (Å²) < 4.78 is 2.77. The molecule has 6 rings (SSSR count). The van der Waals surface area contributed by atoms with Crippen LogP contribution in [-0.4, -0.2) is 0 Å². The summed E-state index contributed by atoms with van der Waals surface area (Å²) in [5, 5.41) is 2.72. The second-order valence-electron chi connectivity index (χ2n) is 7.83. The number of benzene rings is 4. The Morgan fingerprint density at radius 2 is 0.781 bits per heavy atom. The Bertz CT molecular complexity index is 1230. The molecule has 0 N–H and O–H groups in total. The Balaban J connectivity index is 0.000000135. The van der Waals surface area contributed by atoms with Crippen LogP contribution in [0.3, 0.4) is 0 Å². The fourth-order valence-electron chi connectivity index (χ4n) is 3.84.